The highest BCUT2D eigenvalue weighted by Gasteiger charge is 2.31. The van der Waals surface area contributed by atoms with Crippen LogP contribution in [-0.4, -0.2) is 21.7 Å². The number of thiocarbonyl (C=S) groups is 1. The third-order valence-corrected chi connectivity index (χ3v) is 4.71. The van der Waals surface area contributed by atoms with E-state index in [1.54, 1.807) is 35.2 Å². The molecule has 3 nitrogen and oxygen atoms in total. The Morgan fingerprint density at radius 1 is 1.35 bits per heavy atom. The summed E-state index contributed by atoms with van der Waals surface area (Å²) >= 11 is 6.50. The second-order valence-corrected chi connectivity index (χ2v) is 6.72. The van der Waals surface area contributed by atoms with Crippen LogP contribution >= 0.6 is 24.0 Å². The van der Waals surface area contributed by atoms with E-state index in [9.17, 15) is 9.18 Å². The molecule has 1 aliphatic heterocycles. The van der Waals surface area contributed by atoms with Crippen LogP contribution in [0.4, 0.5) is 4.39 Å². The van der Waals surface area contributed by atoms with Crippen LogP contribution in [0.1, 0.15) is 19.1 Å². The minimum absolute atomic E-state index is 0.0921. The molecule has 0 spiro atoms. The van der Waals surface area contributed by atoms with Crippen molar-refractivity contribution in [3.8, 4) is 11.3 Å². The molecule has 118 valence electrons. The van der Waals surface area contributed by atoms with Crippen LogP contribution < -0.4 is 0 Å². The molecule has 0 aliphatic carbocycles. The fourth-order valence-corrected chi connectivity index (χ4v) is 3.56. The van der Waals surface area contributed by atoms with Crippen LogP contribution in [0.2, 0.25) is 0 Å². The van der Waals surface area contributed by atoms with Crippen LogP contribution in [0.3, 0.4) is 0 Å². The van der Waals surface area contributed by atoms with Gasteiger partial charge in [-0.1, -0.05) is 43.0 Å². The lowest BCUT2D eigenvalue weighted by Crippen LogP contribution is -2.28. The van der Waals surface area contributed by atoms with Gasteiger partial charge in [-0.2, -0.15) is 0 Å². The van der Waals surface area contributed by atoms with Gasteiger partial charge in [0.2, 0.25) is 0 Å². The highest BCUT2D eigenvalue weighted by molar-refractivity contribution is 8.26. The van der Waals surface area contributed by atoms with E-state index in [1.165, 1.54) is 23.9 Å². The van der Waals surface area contributed by atoms with Crippen LogP contribution in [0.5, 0.6) is 0 Å². The number of rotatable bonds is 4. The Hall–Kier alpha value is -1.92. The molecule has 1 aliphatic rings. The predicted octanol–water partition coefficient (Wildman–Crippen LogP) is 4.70. The van der Waals surface area contributed by atoms with Crippen molar-refractivity contribution >= 4 is 40.3 Å². The summed E-state index contributed by atoms with van der Waals surface area (Å²) in [4.78, 5) is 14.4. The number of halogens is 1. The summed E-state index contributed by atoms with van der Waals surface area (Å²) < 4.78 is 19.5. The largest absolute Gasteiger partial charge is 0.457 e. The van der Waals surface area contributed by atoms with E-state index < -0.39 is 0 Å². The van der Waals surface area contributed by atoms with Crippen molar-refractivity contribution < 1.29 is 13.6 Å². The van der Waals surface area contributed by atoms with Gasteiger partial charge < -0.3 is 4.42 Å². The highest BCUT2D eigenvalue weighted by atomic mass is 32.2. The molecule has 0 N–H and O–H groups in total. The van der Waals surface area contributed by atoms with E-state index in [1.807, 2.05) is 6.92 Å². The molecule has 6 heteroatoms. The van der Waals surface area contributed by atoms with Crippen LogP contribution in [0, 0.1) is 5.82 Å². The Balaban J connectivity index is 1.84. The van der Waals surface area contributed by atoms with Gasteiger partial charge in [0.25, 0.3) is 5.91 Å². The Labute approximate surface area is 143 Å². The molecule has 2 heterocycles. The van der Waals surface area contributed by atoms with Crippen molar-refractivity contribution in [3.63, 3.8) is 0 Å². The number of hydrogen-bond acceptors (Lipinski definition) is 4. The molecular weight excluding hydrogens is 333 g/mol. The van der Waals surface area contributed by atoms with Crippen molar-refractivity contribution in [2.24, 2.45) is 0 Å². The Kier molecular flexibility index (Phi) is 4.63. The third kappa shape index (κ3) is 3.38. The summed E-state index contributed by atoms with van der Waals surface area (Å²) in [7, 11) is 0. The van der Waals surface area contributed by atoms with E-state index in [0.717, 1.165) is 6.42 Å². The number of benzene rings is 1. The van der Waals surface area contributed by atoms with Crippen molar-refractivity contribution in [2.45, 2.75) is 13.3 Å². The first-order valence-corrected chi connectivity index (χ1v) is 8.42. The van der Waals surface area contributed by atoms with Gasteiger partial charge in [-0.25, -0.2) is 4.39 Å². The molecule has 0 radical (unpaired) electrons. The second-order valence-electron chi connectivity index (χ2n) is 5.05. The monoisotopic (exact) mass is 347 g/mol. The second kappa shape index (κ2) is 6.68. The van der Waals surface area contributed by atoms with E-state index in [4.69, 9.17) is 16.6 Å². The van der Waals surface area contributed by atoms with Crippen LogP contribution in [0.25, 0.3) is 17.4 Å². The fraction of sp³-hybridized carbons (Fsp3) is 0.176. The van der Waals surface area contributed by atoms with E-state index in [0.29, 0.717) is 32.9 Å². The van der Waals surface area contributed by atoms with Gasteiger partial charge in [0.1, 0.15) is 21.7 Å². The van der Waals surface area contributed by atoms with Crippen molar-refractivity contribution in [1.29, 1.82) is 0 Å². The first-order valence-electron chi connectivity index (χ1n) is 7.19. The molecule has 3 rings (SSSR count). The maximum absolute atomic E-state index is 13.3. The molecule has 0 atom stereocenters. The summed E-state index contributed by atoms with van der Waals surface area (Å²) in [5, 5.41) is 0. The number of carbonyl (C=O) groups excluding carboxylic acids is 1. The summed E-state index contributed by atoms with van der Waals surface area (Å²) in [6.45, 7) is 2.62. The zero-order chi connectivity index (χ0) is 16.4. The van der Waals surface area contributed by atoms with Crippen molar-refractivity contribution in [1.82, 2.24) is 4.90 Å². The molecule has 0 unspecified atom stereocenters. The quantitative estimate of drug-likeness (QED) is 0.593. The van der Waals surface area contributed by atoms with Gasteiger partial charge in [0.05, 0.1) is 4.91 Å². The highest BCUT2D eigenvalue weighted by Crippen LogP contribution is 2.33. The molecule has 23 heavy (non-hydrogen) atoms. The van der Waals surface area contributed by atoms with Crippen LogP contribution in [-0.2, 0) is 4.79 Å². The standard InChI is InChI=1S/C17H14FNO2S2/c1-2-8-19-16(20)15(23-17(19)22)10-13-6-7-14(21-13)11-4-3-5-12(18)9-11/h3-7,9-10H,2,8H2,1H3/b15-10-. The van der Waals surface area contributed by atoms with Gasteiger partial charge in [-0.3, -0.25) is 9.69 Å². The molecule has 2 aromatic rings. The maximum Gasteiger partial charge on any atom is 0.266 e. The zero-order valence-corrected chi connectivity index (χ0v) is 14.0. The lowest BCUT2D eigenvalue weighted by atomic mass is 10.2. The molecule has 0 bridgehead atoms. The average molecular weight is 347 g/mol. The summed E-state index contributed by atoms with van der Waals surface area (Å²) in [5.74, 6) is 0.687. The van der Waals surface area contributed by atoms with Crippen molar-refractivity contribution in [3.05, 3.63) is 52.9 Å². The lowest BCUT2D eigenvalue weighted by Gasteiger charge is -2.11. The number of amides is 1. The number of thioether (sulfide) groups is 1. The van der Waals surface area contributed by atoms with E-state index in [-0.39, 0.29) is 11.7 Å². The van der Waals surface area contributed by atoms with Gasteiger partial charge >= 0.3 is 0 Å². The van der Waals surface area contributed by atoms with E-state index in [2.05, 4.69) is 0 Å². The molecule has 1 saturated heterocycles. The third-order valence-electron chi connectivity index (χ3n) is 3.33. The van der Waals surface area contributed by atoms with Gasteiger partial charge in [0, 0.05) is 18.2 Å². The first-order chi connectivity index (χ1) is 11.1. The Bertz CT molecular complexity index is 797. The number of hydrogen-bond donors (Lipinski definition) is 0. The molecule has 1 aromatic heterocycles. The minimum Gasteiger partial charge on any atom is -0.457 e. The fourth-order valence-electron chi connectivity index (χ4n) is 2.27. The summed E-state index contributed by atoms with van der Waals surface area (Å²) in [6.07, 6.45) is 2.53. The SMILES string of the molecule is CCCN1C(=O)/C(=C/c2ccc(-c3cccc(F)c3)o2)SC1=S. The van der Waals surface area contributed by atoms with E-state index >= 15 is 0 Å². The predicted molar refractivity (Wildman–Crippen MR) is 94.3 cm³/mol. The molecule has 1 aromatic carbocycles. The molecule has 1 fully saturated rings. The smallest absolute Gasteiger partial charge is 0.266 e. The lowest BCUT2D eigenvalue weighted by molar-refractivity contribution is -0.122. The van der Waals surface area contributed by atoms with Gasteiger partial charge in [-0.05, 0) is 30.7 Å². The number of carbonyl (C=O) groups is 1. The average Bonchev–Trinajstić information content (AvgIpc) is 3.09. The minimum atomic E-state index is -0.319. The molecule has 1 amide bonds. The normalized spacial score (nSPS) is 16.6. The van der Waals surface area contributed by atoms with Gasteiger partial charge in [-0.15, -0.1) is 0 Å². The Morgan fingerprint density at radius 2 is 2.17 bits per heavy atom. The number of nitrogens with zero attached hydrogens (tertiary/aromatic N) is 1. The topological polar surface area (TPSA) is 33.5 Å². The zero-order valence-electron chi connectivity index (χ0n) is 12.4. The Morgan fingerprint density at radius 3 is 2.91 bits per heavy atom. The molecule has 0 saturated carbocycles. The molecular formula is C17H14FNO2S2. The summed E-state index contributed by atoms with van der Waals surface area (Å²) in [6, 6.07) is 9.70. The number of furan rings is 1. The van der Waals surface area contributed by atoms with Gasteiger partial charge in [0.15, 0.2) is 0 Å². The maximum atomic E-state index is 13.3. The summed E-state index contributed by atoms with van der Waals surface area (Å²) in [5.41, 5.74) is 0.656. The van der Waals surface area contributed by atoms with Crippen LogP contribution in [0.15, 0.2) is 45.7 Å². The van der Waals surface area contributed by atoms with Crippen molar-refractivity contribution in [2.75, 3.05) is 6.54 Å². The first kappa shape index (κ1) is 16.0.